The minimum Gasteiger partial charge on any atom is -0.382 e. The van der Waals surface area contributed by atoms with Gasteiger partial charge in [-0.25, -0.2) is 9.07 Å². The van der Waals surface area contributed by atoms with E-state index in [1.165, 1.54) is 12.1 Å². The number of hydrogen-bond donors (Lipinski definition) is 2. The van der Waals surface area contributed by atoms with E-state index in [1.807, 2.05) is 0 Å². The Hall–Kier alpha value is -2.84. The van der Waals surface area contributed by atoms with Crippen LogP contribution in [0.15, 0.2) is 27.5 Å². The monoisotopic (exact) mass is 347 g/mol. The number of hydrogen-bond acceptors (Lipinski definition) is 5. The standard InChI is InChI=1S/C13H7BrFN5O/c14-6-1-2-7(10(15)3-6)11-8(4-16)12(18)20(19)13(21)9(11)5-17/h1-3H,18-19H2. The first-order valence-electron chi connectivity index (χ1n) is 5.51. The van der Waals surface area contributed by atoms with Crippen LogP contribution >= 0.6 is 15.9 Å². The molecule has 0 aliphatic carbocycles. The summed E-state index contributed by atoms with van der Waals surface area (Å²) in [7, 11) is 0. The minimum atomic E-state index is -0.897. The Kier molecular flexibility index (Phi) is 3.66. The summed E-state index contributed by atoms with van der Waals surface area (Å²) < 4.78 is 15.1. The average Bonchev–Trinajstić information content (AvgIpc) is 2.45. The molecule has 0 atom stereocenters. The van der Waals surface area contributed by atoms with E-state index in [4.69, 9.17) is 16.8 Å². The van der Waals surface area contributed by atoms with Crippen molar-refractivity contribution in [3.63, 3.8) is 0 Å². The molecule has 6 nitrogen and oxygen atoms in total. The number of anilines is 1. The first kappa shape index (κ1) is 14.6. The van der Waals surface area contributed by atoms with Gasteiger partial charge in [-0.15, -0.1) is 0 Å². The van der Waals surface area contributed by atoms with Gasteiger partial charge in [0.1, 0.15) is 34.9 Å². The summed E-state index contributed by atoms with van der Waals surface area (Å²) in [4.78, 5) is 12.0. The Balaban J connectivity index is 3.02. The van der Waals surface area contributed by atoms with Gasteiger partial charge in [0.25, 0.3) is 5.56 Å². The summed E-state index contributed by atoms with van der Waals surface area (Å²) in [6, 6.07) is 7.42. The number of nitrogen functional groups attached to an aromatic ring is 2. The Morgan fingerprint density at radius 3 is 2.38 bits per heavy atom. The van der Waals surface area contributed by atoms with Gasteiger partial charge >= 0.3 is 0 Å². The zero-order chi connectivity index (χ0) is 15.7. The van der Waals surface area contributed by atoms with Gasteiger partial charge in [0.2, 0.25) is 0 Å². The molecule has 0 aliphatic rings. The number of rotatable bonds is 1. The summed E-state index contributed by atoms with van der Waals surface area (Å²) >= 11 is 3.10. The zero-order valence-electron chi connectivity index (χ0n) is 10.4. The fraction of sp³-hybridized carbons (Fsp3) is 0. The molecular formula is C13H7BrFN5O. The third kappa shape index (κ3) is 2.22. The van der Waals surface area contributed by atoms with Crippen molar-refractivity contribution in [1.82, 2.24) is 4.68 Å². The molecule has 0 saturated heterocycles. The lowest BCUT2D eigenvalue weighted by Crippen LogP contribution is -2.33. The molecule has 0 fully saturated rings. The van der Waals surface area contributed by atoms with Gasteiger partial charge < -0.3 is 11.6 Å². The van der Waals surface area contributed by atoms with Gasteiger partial charge in [-0.3, -0.25) is 4.79 Å². The summed E-state index contributed by atoms with van der Waals surface area (Å²) in [5.74, 6) is 4.38. The van der Waals surface area contributed by atoms with Crippen LogP contribution in [0.25, 0.3) is 11.1 Å². The van der Waals surface area contributed by atoms with E-state index in [9.17, 15) is 14.4 Å². The third-order valence-corrected chi connectivity index (χ3v) is 3.37. The number of nitrogens with zero attached hydrogens (tertiary/aromatic N) is 3. The molecule has 8 heteroatoms. The molecule has 0 saturated carbocycles. The maximum absolute atomic E-state index is 14.1. The normalized spacial score (nSPS) is 9.90. The van der Waals surface area contributed by atoms with Crippen LogP contribution in [0.4, 0.5) is 10.2 Å². The van der Waals surface area contributed by atoms with Crippen LogP contribution in [0.1, 0.15) is 11.1 Å². The average molecular weight is 348 g/mol. The second kappa shape index (κ2) is 5.27. The van der Waals surface area contributed by atoms with Crippen molar-refractivity contribution in [2.75, 3.05) is 11.6 Å². The smallest absolute Gasteiger partial charge is 0.289 e. The van der Waals surface area contributed by atoms with Crippen LogP contribution in [0, 0.1) is 28.5 Å². The van der Waals surface area contributed by atoms with Crippen LogP contribution in [0.2, 0.25) is 0 Å². The van der Waals surface area contributed by atoms with Crippen molar-refractivity contribution in [3.05, 3.63) is 50.0 Å². The first-order chi connectivity index (χ1) is 9.92. The highest BCUT2D eigenvalue weighted by molar-refractivity contribution is 9.10. The van der Waals surface area contributed by atoms with E-state index in [-0.39, 0.29) is 22.5 Å². The predicted octanol–water partition coefficient (Wildman–Crippen LogP) is 1.46. The Labute approximate surface area is 126 Å². The van der Waals surface area contributed by atoms with Crippen LogP contribution in [0.5, 0.6) is 0 Å². The quantitative estimate of drug-likeness (QED) is 0.756. The predicted molar refractivity (Wildman–Crippen MR) is 77.8 cm³/mol. The van der Waals surface area contributed by atoms with E-state index < -0.39 is 16.9 Å². The topological polar surface area (TPSA) is 122 Å². The highest BCUT2D eigenvalue weighted by atomic mass is 79.9. The number of benzene rings is 1. The molecule has 2 rings (SSSR count). The molecule has 0 bridgehead atoms. The first-order valence-corrected chi connectivity index (χ1v) is 6.30. The Bertz CT molecular complexity index is 891. The lowest BCUT2D eigenvalue weighted by molar-refractivity contribution is 0.630. The zero-order valence-corrected chi connectivity index (χ0v) is 12.0. The van der Waals surface area contributed by atoms with Gasteiger partial charge in [0, 0.05) is 15.6 Å². The van der Waals surface area contributed by atoms with Crippen molar-refractivity contribution in [1.29, 1.82) is 10.5 Å². The molecule has 0 unspecified atom stereocenters. The lowest BCUT2D eigenvalue weighted by atomic mass is 9.96. The maximum atomic E-state index is 14.1. The van der Waals surface area contributed by atoms with E-state index in [0.717, 1.165) is 6.07 Å². The van der Waals surface area contributed by atoms with Crippen LogP contribution in [0.3, 0.4) is 0 Å². The van der Waals surface area contributed by atoms with E-state index in [0.29, 0.717) is 9.15 Å². The SMILES string of the molecule is N#Cc1c(-c2ccc(Br)cc2F)c(C#N)c(=O)n(N)c1N. The highest BCUT2D eigenvalue weighted by Gasteiger charge is 2.22. The van der Waals surface area contributed by atoms with E-state index in [1.54, 1.807) is 12.1 Å². The van der Waals surface area contributed by atoms with Gasteiger partial charge in [0.05, 0.1) is 0 Å². The molecular weight excluding hydrogens is 341 g/mol. The van der Waals surface area contributed by atoms with E-state index >= 15 is 0 Å². The number of aromatic nitrogens is 1. The van der Waals surface area contributed by atoms with Gasteiger partial charge in [0.15, 0.2) is 0 Å². The van der Waals surface area contributed by atoms with Crippen molar-refractivity contribution >= 4 is 21.7 Å². The van der Waals surface area contributed by atoms with Crippen molar-refractivity contribution in [2.45, 2.75) is 0 Å². The van der Waals surface area contributed by atoms with E-state index in [2.05, 4.69) is 15.9 Å². The molecule has 0 radical (unpaired) electrons. The molecule has 0 spiro atoms. The Morgan fingerprint density at radius 2 is 1.86 bits per heavy atom. The summed E-state index contributed by atoms with van der Waals surface area (Å²) in [6.07, 6.45) is 0. The maximum Gasteiger partial charge on any atom is 0.289 e. The highest BCUT2D eigenvalue weighted by Crippen LogP contribution is 2.31. The van der Waals surface area contributed by atoms with Gasteiger partial charge in [-0.2, -0.15) is 10.5 Å². The van der Waals surface area contributed by atoms with Crippen molar-refractivity contribution in [2.24, 2.45) is 0 Å². The third-order valence-electron chi connectivity index (χ3n) is 2.87. The molecule has 1 aromatic heterocycles. The van der Waals surface area contributed by atoms with Crippen LogP contribution < -0.4 is 17.1 Å². The van der Waals surface area contributed by atoms with Crippen molar-refractivity contribution < 1.29 is 4.39 Å². The molecule has 1 heterocycles. The fourth-order valence-electron chi connectivity index (χ4n) is 1.89. The molecule has 2 aromatic rings. The fourth-order valence-corrected chi connectivity index (χ4v) is 2.22. The number of halogens is 2. The largest absolute Gasteiger partial charge is 0.382 e. The Morgan fingerprint density at radius 1 is 1.24 bits per heavy atom. The second-order valence-electron chi connectivity index (χ2n) is 4.03. The molecule has 0 aliphatic heterocycles. The summed E-state index contributed by atoms with van der Waals surface area (Å²) in [5.41, 5.74) is 3.81. The molecule has 0 amide bonds. The van der Waals surface area contributed by atoms with Crippen LogP contribution in [-0.2, 0) is 0 Å². The number of pyridine rings is 1. The second-order valence-corrected chi connectivity index (χ2v) is 4.95. The summed E-state index contributed by atoms with van der Waals surface area (Å²) in [6.45, 7) is 0. The summed E-state index contributed by atoms with van der Waals surface area (Å²) in [5, 5.41) is 18.3. The van der Waals surface area contributed by atoms with Gasteiger partial charge in [-0.05, 0) is 12.1 Å². The van der Waals surface area contributed by atoms with Crippen molar-refractivity contribution in [3.8, 4) is 23.3 Å². The minimum absolute atomic E-state index is 0.0734. The molecule has 21 heavy (non-hydrogen) atoms. The van der Waals surface area contributed by atoms with Crippen LogP contribution in [-0.4, -0.2) is 4.68 Å². The lowest BCUT2D eigenvalue weighted by Gasteiger charge is -2.12. The number of nitriles is 2. The van der Waals surface area contributed by atoms with Gasteiger partial charge in [-0.1, -0.05) is 22.0 Å². The molecule has 1 aromatic carbocycles. The molecule has 4 N–H and O–H groups in total. The molecule has 104 valence electrons. The number of nitrogens with two attached hydrogens (primary N) is 2.